The Hall–Kier alpha value is -5.86. The van der Waals surface area contributed by atoms with Gasteiger partial charge in [-0.25, -0.2) is 18.7 Å². The number of rotatable bonds is 4. The van der Waals surface area contributed by atoms with E-state index in [2.05, 4.69) is 83.4 Å². The van der Waals surface area contributed by atoms with E-state index in [1.807, 2.05) is 64.3 Å². The zero-order valence-corrected chi connectivity index (χ0v) is 33.2. The first-order chi connectivity index (χ1) is 26.2. The van der Waals surface area contributed by atoms with Gasteiger partial charge in [-0.1, -0.05) is 48.5 Å². The normalized spacial score (nSPS) is 11.4. The molecule has 1 N–H and O–H groups in total. The molecule has 8 aromatic rings. The first-order valence-electron chi connectivity index (χ1n) is 18.5. The molecule has 278 valence electrons. The Morgan fingerprint density at radius 1 is 0.582 bits per heavy atom. The Bertz CT molecular complexity index is 2850. The Balaban J connectivity index is 0.000000169. The molecule has 6 nitrogen and oxygen atoms in total. The smallest absolute Gasteiger partial charge is 0.234 e. The number of hydrogen-bond donors (Lipinski definition) is 1. The molecule has 0 saturated carbocycles. The van der Waals surface area contributed by atoms with Crippen molar-refractivity contribution in [2.75, 3.05) is 19.0 Å². The Labute approximate surface area is 321 Å². The Morgan fingerprint density at radius 3 is 1.45 bits per heavy atom. The van der Waals surface area contributed by atoms with E-state index in [9.17, 15) is 13.9 Å². The minimum absolute atomic E-state index is 0.0259. The van der Waals surface area contributed by atoms with Crippen LogP contribution in [0.15, 0.2) is 84.9 Å². The quantitative estimate of drug-likeness (QED) is 0.183. The van der Waals surface area contributed by atoms with Gasteiger partial charge >= 0.3 is 0 Å². The first kappa shape index (κ1) is 37.5. The third-order valence-electron chi connectivity index (χ3n) is 11.0. The van der Waals surface area contributed by atoms with Gasteiger partial charge in [0.2, 0.25) is 22.4 Å². The van der Waals surface area contributed by atoms with E-state index in [-0.39, 0.29) is 18.2 Å². The lowest BCUT2D eigenvalue weighted by Gasteiger charge is -2.19. The van der Waals surface area contributed by atoms with Gasteiger partial charge in [-0.2, -0.15) is 9.13 Å². The highest BCUT2D eigenvalue weighted by Crippen LogP contribution is 2.37. The zero-order valence-electron chi connectivity index (χ0n) is 33.2. The van der Waals surface area contributed by atoms with Crippen LogP contribution < -0.4 is 14.0 Å². The van der Waals surface area contributed by atoms with Gasteiger partial charge in [-0.05, 0) is 97.7 Å². The zero-order chi connectivity index (χ0) is 39.5. The van der Waals surface area contributed by atoms with Crippen molar-refractivity contribution in [3.05, 3.63) is 136 Å². The van der Waals surface area contributed by atoms with Crippen molar-refractivity contribution in [1.29, 1.82) is 0 Å². The summed E-state index contributed by atoms with van der Waals surface area (Å²) < 4.78 is 32.3. The minimum atomic E-state index is -0.244. The number of hydrogen-bond acceptors (Lipinski definition) is 4. The molecule has 8 heteroatoms. The Kier molecular flexibility index (Phi) is 9.82. The molecular weight excluding hydrogens is 689 g/mol. The van der Waals surface area contributed by atoms with Crippen LogP contribution in [0.1, 0.15) is 39.2 Å². The van der Waals surface area contributed by atoms with Crippen LogP contribution in [0, 0.1) is 53.2 Å². The lowest BCUT2D eigenvalue weighted by molar-refractivity contribution is -0.634. The summed E-state index contributed by atoms with van der Waals surface area (Å²) in [7, 11) is 8.15. The van der Waals surface area contributed by atoms with E-state index >= 15 is 0 Å². The summed E-state index contributed by atoms with van der Waals surface area (Å²) in [5.41, 5.74) is 14.7. The molecule has 8 rings (SSSR count). The summed E-state index contributed by atoms with van der Waals surface area (Å²) in [6.07, 6.45) is 0. The van der Waals surface area contributed by atoms with Crippen LogP contribution in [0.25, 0.3) is 66.1 Å². The van der Waals surface area contributed by atoms with Gasteiger partial charge in [0.1, 0.15) is 48.2 Å². The highest BCUT2D eigenvalue weighted by Gasteiger charge is 2.26. The fourth-order valence-corrected chi connectivity index (χ4v) is 8.06. The molecule has 0 saturated heterocycles. The van der Waals surface area contributed by atoms with E-state index in [1.54, 1.807) is 13.8 Å². The summed E-state index contributed by atoms with van der Waals surface area (Å²) in [6, 6.07) is 27.6. The first-order valence-corrected chi connectivity index (χ1v) is 18.5. The van der Waals surface area contributed by atoms with Crippen LogP contribution in [0.5, 0.6) is 0 Å². The summed E-state index contributed by atoms with van der Waals surface area (Å²) in [5, 5.41) is 14.6. The average molecular weight is 736 g/mol. The monoisotopic (exact) mass is 735 g/mol. The molecule has 0 amide bonds. The van der Waals surface area contributed by atoms with E-state index < -0.39 is 0 Å². The van der Waals surface area contributed by atoms with Crippen molar-refractivity contribution in [1.82, 2.24) is 9.97 Å². The molecule has 2 heterocycles. The van der Waals surface area contributed by atoms with E-state index in [0.717, 1.165) is 66.8 Å². The van der Waals surface area contributed by atoms with Gasteiger partial charge in [-0.15, -0.1) is 0 Å². The molecule has 0 aliphatic carbocycles. The topological polar surface area (TPSA) is 57.0 Å². The Morgan fingerprint density at radius 2 is 1.00 bits per heavy atom. The lowest BCUT2D eigenvalue weighted by Crippen LogP contribution is -2.34. The van der Waals surface area contributed by atoms with Crippen LogP contribution in [0.4, 0.5) is 14.5 Å². The molecule has 0 aliphatic heterocycles. The molecule has 0 radical (unpaired) electrons. The molecule has 2 aromatic heterocycles. The highest BCUT2D eigenvalue weighted by molar-refractivity contribution is 6.01. The molecule has 0 spiro atoms. The second-order valence-electron chi connectivity index (χ2n) is 14.8. The van der Waals surface area contributed by atoms with Gasteiger partial charge < -0.3 is 10.0 Å². The molecular formula is C47H47F2N5O+2. The van der Waals surface area contributed by atoms with Crippen LogP contribution >= 0.6 is 0 Å². The minimum Gasteiger partial charge on any atom is -0.392 e. The number of aryl methyl sites for hydroxylation is 8. The molecule has 0 fully saturated rings. The van der Waals surface area contributed by atoms with Crippen molar-refractivity contribution >= 4 is 49.3 Å². The summed E-state index contributed by atoms with van der Waals surface area (Å²) in [6.45, 7) is 11.7. The van der Waals surface area contributed by atoms with Crippen LogP contribution in [0.3, 0.4) is 0 Å². The second kappa shape index (κ2) is 14.4. The SMILES string of the molecule is Cc1cc2c(cc1F)nc(C)c(-c1cc(CO)c3ccccc3c1C)[n+]2C.Cc1cc2c(cc1F)nc(C)c(-c1cc(N(C)C)c3ccccc3c1C)[n+]2C. The van der Waals surface area contributed by atoms with Crippen LogP contribution in [0.2, 0.25) is 0 Å². The molecule has 6 aromatic carbocycles. The van der Waals surface area contributed by atoms with Gasteiger partial charge in [0.05, 0.1) is 17.7 Å². The fourth-order valence-electron chi connectivity index (χ4n) is 8.06. The summed E-state index contributed by atoms with van der Waals surface area (Å²) in [5.74, 6) is -0.462. The molecule has 0 unspecified atom stereocenters. The number of nitrogens with zero attached hydrogens (tertiary/aromatic N) is 5. The van der Waals surface area contributed by atoms with E-state index in [1.165, 1.54) is 34.2 Å². The van der Waals surface area contributed by atoms with E-state index in [4.69, 9.17) is 4.98 Å². The summed E-state index contributed by atoms with van der Waals surface area (Å²) in [4.78, 5) is 11.6. The third kappa shape index (κ3) is 6.44. The maximum Gasteiger partial charge on any atom is 0.234 e. The number of fused-ring (bicyclic) bond motifs is 4. The van der Waals surface area contributed by atoms with Crippen molar-refractivity contribution in [2.24, 2.45) is 14.1 Å². The van der Waals surface area contributed by atoms with Crippen molar-refractivity contribution in [3.8, 4) is 22.5 Å². The summed E-state index contributed by atoms with van der Waals surface area (Å²) >= 11 is 0. The van der Waals surface area contributed by atoms with Crippen molar-refractivity contribution < 1.29 is 23.0 Å². The maximum absolute atomic E-state index is 14.1. The predicted molar refractivity (Wildman–Crippen MR) is 220 cm³/mol. The fraction of sp³-hybridized carbons (Fsp3) is 0.234. The van der Waals surface area contributed by atoms with Gasteiger partial charge in [0, 0.05) is 49.4 Å². The van der Waals surface area contributed by atoms with Gasteiger partial charge in [-0.3, -0.25) is 0 Å². The number of aliphatic hydroxyl groups is 1. The van der Waals surface area contributed by atoms with Gasteiger partial charge in [0.15, 0.2) is 0 Å². The largest absolute Gasteiger partial charge is 0.392 e. The number of benzene rings is 6. The number of aliphatic hydroxyl groups excluding tert-OH is 1. The average Bonchev–Trinajstić information content (AvgIpc) is 3.15. The number of aromatic nitrogens is 4. The molecule has 0 atom stereocenters. The van der Waals surface area contributed by atoms with E-state index in [0.29, 0.717) is 22.2 Å². The third-order valence-corrected chi connectivity index (χ3v) is 11.0. The van der Waals surface area contributed by atoms with Crippen LogP contribution in [-0.2, 0) is 20.7 Å². The standard InChI is InChI=1S/C24H25FN3.C23H22FN2O/c1-14-11-23-21(13-20(14)25)26-16(3)24(28(23)6)19-12-22(27(4)5)18-10-8-7-9-17(18)15(19)2;1-13-9-22-21(11-20(13)24)25-15(3)23(26(22)4)19-10-16(12-27)18-8-6-5-7-17(18)14(19)2/h7-13H,1-6H3;5-11,27H,12H2,1-4H3/q2*+1. The second-order valence-corrected chi connectivity index (χ2v) is 14.8. The number of halogens is 2. The molecule has 0 aliphatic rings. The maximum atomic E-state index is 14.1. The molecule has 55 heavy (non-hydrogen) atoms. The van der Waals surface area contributed by atoms with Crippen molar-refractivity contribution in [3.63, 3.8) is 0 Å². The highest BCUT2D eigenvalue weighted by atomic mass is 19.1. The van der Waals surface area contributed by atoms with Gasteiger partial charge in [0.25, 0.3) is 0 Å². The number of anilines is 1. The molecule has 0 bridgehead atoms. The predicted octanol–water partition coefficient (Wildman–Crippen LogP) is 9.45. The van der Waals surface area contributed by atoms with Crippen LogP contribution in [-0.4, -0.2) is 29.2 Å². The lowest BCUT2D eigenvalue weighted by atomic mass is 9.93. The van der Waals surface area contributed by atoms with Crippen molar-refractivity contribution in [2.45, 2.75) is 48.1 Å².